The molecule has 1 rings (SSSR count). The van der Waals surface area contributed by atoms with Gasteiger partial charge in [-0.05, 0) is 11.6 Å². The molecule has 1 unspecified atom stereocenters. The van der Waals surface area contributed by atoms with Crippen molar-refractivity contribution in [2.75, 3.05) is 20.3 Å². The predicted octanol–water partition coefficient (Wildman–Crippen LogP) is 0.832. The zero-order chi connectivity index (χ0) is 11.1. The van der Waals surface area contributed by atoms with Gasteiger partial charge in [-0.25, -0.2) is 0 Å². The molecule has 0 aliphatic carbocycles. The average molecular weight is 231 g/mol. The van der Waals surface area contributed by atoms with Crippen LogP contribution < -0.4 is 5.32 Å². The van der Waals surface area contributed by atoms with E-state index in [1.54, 1.807) is 19.5 Å². The summed E-state index contributed by atoms with van der Waals surface area (Å²) in [5, 5.41) is 12.8. The SMILES string of the molecule is COCC(CO)NCc1ccncc1Cl. The normalized spacial score (nSPS) is 12.7. The lowest BCUT2D eigenvalue weighted by Crippen LogP contribution is -2.35. The molecule has 0 aliphatic rings. The van der Waals surface area contributed by atoms with E-state index in [4.69, 9.17) is 21.4 Å². The summed E-state index contributed by atoms with van der Waals surface area (Å²) in [6.45, 7) is 1.10. The molecule has 0 saturated carbocycles. The molecule has 1 aromatic rings. The Morgan fingerprint density at radius 2 is 2.47 bits per heavy atom. The molecule has 4 nitrogen and oxygen atoms in total. The van der Waals surface area contributed by atoms with Gasteiger partial charge in [0.25, 0.3) is 0 Å². The van der Waals surface area contributed by atoms with Crippen LogP contribution in [0.5, 0.6) is 0 Å². The van der Waals surface area contributed by atoms with E-state index in [-0.39, 0.29) is 12.6 Å². The average Bonchev–Trinajstić information content (AvgIpc) is 2.26. The number of aromatic nitrogens is 1. The summed E-state index contributed by atoms with van der Waals surface area (Å²) in [4.78, 5) is 3.89. The van der Waals surface area contributed by atoms with Crippen molar-refractivity contribution >= 4 is 11.6 Å². The summed E-state index contributed by atoms with van der Waals surface area (Å²) < 4.78 is 4.95. The van der Waals surface area contributed by atoms with Crippen molar-refractivity contribution < 1.29 is 9.84 Å². The molecule has 1 aromatic heterocycles. The fourth-order valence-corrected chi connectivity index (χ4v) is 1.37. The second-order valence-electron chi connectivity index (χ2n) is 3.18. The summed E-state index contributed by atoms with van der Waals surface area (Å²) in [5.41, 5.74) is 0.959. The first kappa shape index (κ1) is 12.4. The largest absolute Gasteiger partial charge is 0.395 e. The third-order valence-electron chi connectivity index (χ3n) is 2.03. The van der Waals surface area contributed by atoms with Crippen LogP contribution in [0.2, 0.25) is 5.02 Å². The van der Waals surface area contributed by atoms with E-state index in [2.05, 4.69) is 10.3 Å². The number of ether oxygens (including phenoxy) is 1. The number of hydrogen-bond acceptors (Lipinski definition) is 4. The minimum atomic E-state index is -0.0702. The van der Waals surface area contributed by atoms with Gasteiger partial charge in [-0.2, -0.15) is 0 Å². The Balaban J connectivity index is 2.45. The lowest BCUT2D eigenvalue weighted by atomic mass is 10.2. The van der Waals surface area contributed by atoms with Gasteiger partial charge in [-0.15, -0.1) is 0 Å². The maximum absolute atomic E-state index is 9.02. The highest BCUT2D eigenvalue weighted by atomic mass is 35.5. The van der Waals surface area contributed by atoms with E-state index in [1.807, 2.05) is 6.07 Å². The van der Waals surface area contributed by atoms with Gasteiger partial charge in [0.15, 0.2) is 0 Å². The number of halogens is 1. The number of nitrogens with zero attached hydrogens (tertiary/aromatic N) is 1. The first-order valence-corrected chi connectivity index (χ1v) is 5.07. The Bertz CT molecular complexity index is 297. The van der Waals surface area contributed by atoms with Crippen LogP contribution in [0.15, 0.2) is 18.5 Å². The van der Waals surface area contributed by atoms with Gasteiger partial charge in [-0.1, -0.05) is 11.6 Å². The molecular formula is C10H15ClN2O2. The summed E-state index contributed by atoms with van der Waals surface area (Å²) in [7, 11) is 1.60. The van der Waals surface area contributed by atoms with E-state index in [0.29, 0.717) is 18.2 Å². The van der Waals surface area contributed by atoms with Crippen LogP contribution >= 0.6 is 11.6 Å². The quantitative estimate of drug-likeness (QED) is 0.760. The van der Waals surface area contributed by atoms with Crippen molar-refractivity contribution in [3.05, 3.63) is 29.0 Å². The highest BCUT2D eigenvalue weighted by molar-refractivity contribution is 6.31. The Labute approximate surface area is 94.2 Å². The number of nitrogens with one attached hydrogen (secondary N) is 1. The minimum Gasteiger partial charge on any atom is -0.395 e. The second-order valence-corrected chi connectivity index (χ2v) is 3.59. The highest BCUT2D eigenvalue weighted by Crippen LogP contribution is 2.12. The van der Waals surface area contributed by atoms with Crippen LogP contribution in [0.1, 0.15) is 5.56 Å². The third kappa shape index (κ3) is 4.13. The molecule has 0 bridgehead atoms. The number of hydrogen-bond donors (Lipinski definition) is 2. The van der Waals surface area contributed by atoms with Gasteiger partial charge in [0.05, 0.1) is 24.3 Å². The second kappa shape index (κ2) is 6.74. The van der Waals surface area contributed by atoms with Crippen molar-refractivity contribution in [1.82, 2.24) is 10.3 Å². The van der Waals surface area contributed by atoms with Crippen molar-refractivity contribution in [3.8, 4) is 0 Å². The summed E-state index contributed by atoms with van der Waals surface area (Å²) >= 11 is 5.93. The first-order valence-electron chi connectivity index (χ1n) is 4.69. The number of rotatable bonds is 6. The smallest absolute Gasteiger partial charge is 0.0638 e. The van der Waals surface area contributed by atoms with Crippen LogP contribution in [-0.4, -0.2) is 36.5 Å². The summed E-state index contributed by atoms with van der Waals surface area (Å²) in [5.74, 6) is 0. The summed E-state index contributed by atoms with van der Waals surface area (Å²) in [6, 6.07) is 1.77. The van der Waals surface area contributed by atoms with Gasteiger partial charge >= 0.3 is 0 Å². The molecule has 0 radical (unpaired) electrons. The molecule has 1 heterocycles. The lowest BCUT2D eigenvalue weighted by Gasteiger charge is -2.15. The van der Waals surface area contributed by atoms with Gasteiger partial charge in [0.2, 0.25) is 0 Å². The molecule has 0 saturated heterocycles. The van der Waals surface area contributed by atoms with Crippen molar-refractivity contribution in [2.24, 2.45) is 0 Å². The number of pyridine rings is 1. The van der Waals surface area contributed by atoms with Crippen molar-refractivity contribution in [3.63, 3.8) is 0 Å². The van der Waals surface area contributed by atoms with Gasteiger partial charge in [0, 0.05) is 26.0 Å². The van der Waals surface area contributed by atoms with Crippen molar-refractivity contribution in [1.29, 1.82) is 0 Å². The summed E-state index contributed by atoms with van der Waals surface area (Å²) in [6.07, 6.45) is 3.29. The zero-order valence-corrected chi connectivity index (χ0v) is 9.37. The number of aliphatic hydroxyl groups is 1. The third-order valence-corrected chi connectivity index (χ3v) is 2.37. The molecule has 0 aromatic carbocycles. The molecule has 5 heteroatoms. The van der Waals surface area contributed by atoms with Crippen LogP contribution in [-0.2, 0) is 11.3 Å². The van der Waals surface area contributed by atoms with Crippen molar-refractivity contribution in [2.45, 2.75) is 12.6 Å². The zero-order valence-electron chi connectivity index (χ0n) is 8.61. The molecular weight excluding hydrogens is 216 g/mol. The topological polar surface area (TPSA) is 54.4 Å². The Morgan fingerprint density at radius 3 is 3.07 bits per heavy atom. The van der Waals surface area contributed by atoms with Crippen LogP contribution in [0.4, 0.5) is 0 Å². The predicted molar refractivity (Wildman–Crippen MR) is 58.8 cm³/mol. The van der Waals surface area contributed by atoms with Gasteiger partial charge in [0.1, 0.15) is 0 Å². The maximum Gasteiger partial charge on any atom is 0.0638 e. The van der Waals surface area contributed by atoms with E-state index < -0.39 is 0 Å². The fraction of sp³-hybridized carbons (Fsp3) is 0.500. The fourth-order valence-electron chi connectivity index (χ4n) is 1.18. The molecule has 1 atom stereocenters. The van der Waals surface area contributed by atoms with E-state index in [0.717, 1.165) is 5.56 Å². The molecule has 2 N–H and O–H groups in total. The minimum absolute atomic E-state index is 0.0382. The molecule has 15 heavy (non-hydrogen) atoms. The monoisotopic (exact) mass is 230 g/mol. The van der Waals surface area contributed by atoms with E-state index in [9.17, 15) is 0 Å². The molecule has 0 spiro atoms. The Morgan fingerprint density at radius 1 is 1.67 bits per heavy atom. The standard InChI is InChI=1S/C10H15ClN2O2/c1-15-7-9(6-14)13-4-8-2-3-12-5-10(8)11/h2-3,5,9,13-14H,4,6-7H2,1H3. The Hall–Kier alpha value is -0.680. The van der Waals surface area contributed by atoms with Crippen LogP contribution in [0.3, 0.4) is 0 Å². The van der Waals surface area contributed by atoms with Crippen LogP contribution in [0.25, 0.3) is 0 Å². The number of aliphatic hydroxyl groups excluding tert-OH is 1. The van der Waals surface area contributed by atoms with Crippen LogP contribution in [0, 0.1) is 0 Å². The molecule has 0 aliphatic heterocycles. The molecule has 84 valence electrons. The van der Waals surface area contributed by atoms with E-state index >= 15 is 0 Å². The Kier molecular flexibility index (Phi) is 5.57. The number of methoxy groups -OCH3 is 1. The highest BCUT2D eigenvalue weighted by Gasteiger charge is 2.07. The lowest BCUT2D eigenvalue weighted by molar-refractivity contribution is 0.128. The molecule has 0 amide bonds. The first-order chi connectivity index (χ1) is 7.27. The van der Waals surface area contributed by atoms with E-state index in [1.165, 1.54) is 0 Å². The molecule has 0 fully saturated rings. The van der Waals surface area contributed by atoms with Gasteiger partial charge in [-0.3, -0.25) is 4.98 Å². The maximum atomic E-state index is 9.02. The van der Waals surface area contributed by atoms with Gasteiger partial charge < -0.3 is 15.2 Å².